The second-order valence-electron chi connectivity index (χ2n) is 8.32. The standard InChI is InChI=1S/C26H35N3O4/c1-4-5-16-27-24(30)22(17-20-12-8-6-9-13-20)28-25(31)23(19(2)3)29-26(32)33-18-21-14-10-7-11-15-21/h6-15,19,22-23H,4-5,16-18H2,1-3H3,(H,27,30)(H,28,31)(H,29,32)/t22-,23-/m0/s1. The minimum atomic E-state index is -0.838. The second-order valence-corrected chi connectivity index (χ2v) is 8.32. The molecule has 0 aliphatic carbocycles. The Morgan fingerprint density at radius 2 is 1.45 bits per heavy atom. The Morgan fingerprint density at radius 3 is 2.03 bits per heavy atom. The fraction of sp³-hybridized carbons (Fsp3) is 0.423. The number of ether oxygens (including phenoxy) is 1. The monoisotopic (exact) mass is 453 g/mol. The number of alkyl carbamates (subject to hydrolysis) is 1. The van der Waals surface area contributed by atoms with Gasteiger partial charge in [0.2, 0.25) is 11.8 Å². The molecule has 0 saturated carbocycles. The fourth-order valence-electron chi connectivity index (χ4n) is 3.26. The maximum atomic E-state index is 13.1. The van der Waals surface area contributed by atoms with Crippen LogP contribution in [0, 0.1) is 5.92 Å². The van der Waals surface area contributed by atoms with Crippen molar-refractivity contribution in [1.29, 1.82) is 0 Å². The molecule has 0 aliphatic heterocycles. The van der Waals surface area contributed by atoms with E-state index in [1.54, 1.807) is 0 Å². The first kappa shape index (κ1) is 25.9. The highest BCUT2D eigenvalue weighted by Gasteiger charge is 2.29. The van der Waals surface area contributed by atoms with Gasteiger partial charge in [-0.3, -0.25) is 9.59 Å². The molecule has 7 heteroatoms. The number of benzene rings is 2. The van der Waals surface area contributed by atoms with Gasteiger partial charge in [-0.15, -0.1) is 0 Å². The number of carbonyl (C=O) groups is 3. The van der Waals surface area contributed by atoms with Gasteiger partial charge in [-0.2, -0.15) is 0 Å². The van der Waals surface area contributed by atoms with Crippen LogP contribution in [0.15, 0.2) is 60.7 Å². The summed E-state index contributed by atoms with van der Waals surface area (Å²) >= 11 is 0. The van der Waals surface area contributed by atoms with E-state index < -0.39 is 24.1 Å². The Bertz CT molecular complexity index is 872. The van der Waals surface area contributed by atoms with Crippen LogP contribution in [0.3, 0.4) is 0 Å². The summed E-state index contributed by atoms with van der Waals surface area (Å²) in [7, 11) is 0. The van der Waals surface area contributed by atoms with E-state index in [4.69, 9.17) is 4.74 Å². The van der Waals surface area contributed by atoms with E-state index in [1.807, 2.05) is 81.4 Å². The van der Waals surface area contributed by atoms with E-state index in [1.165, 1.54) is 0 Å². The van der Waals surface area contributed by atoms with Crippen molar-refractivity contribution >= 4 is 17.9 Å². The van der Waals surface area contributed by atoms with Gasteiger partial charge in [0.05, 0.1) is 0 Å². The van der Waals surface area contributed by atoms with Gasteiger partial charge in [-0.1, -0.05) is 87.9 Å². The molecular weight excluding hydrogens is 418 g/mol. The molecule has 7 nitrogen and oxygen atoms in total. The maximum absolute atomic E-state index is 13.1. The molecule has 2 aromatic rings. The third kappa shape index (κ3) is 9.35. The lowest BCUT2D eigenvalue weighted by Gasteiger charge is -2.25. The van der Waals surface area contributed by atoms with E-state index in [0.717, 1.165) is 24.0 Å². The number of hydrogen-bond acceptors (Lipinski definition) is 4. The van der Waals surface area contributed by atoms with Crippen LogP contribution in [-0.4, -0.2) is 36.5 Å². The van der Waals surface area contributed by atoms with Crippen molar-refractivity contribution in [3.63, 3.8) is 0 Å². The lowest BCUT2D eigenvalue weighted by Crippen LogP contribution is -2.56. The molecule has 33 heavy (non-hydrogen) atoms. The molecule has 0 spiro atoms. The van der Waals surface area contributed by atoms with E-state index >= 15 is 0 Å². The van der Waals surface area contributed by atoms with Crippen LogP contribution in [0.1, 0.15) is 44.7 Å². The molecular formula is C26H35N3O4. The van der Waals surface area contributed by atoms with Crippen molar-refractivity contribution in [2.75, 3.05) is 6.54 Å². The summed E-state index contributed by atoms with van der Waals surface area (Å²) < 4.78 is 5.26. The molecule has 0 saturated heterocycles. The van der Waals surface area contributed by atoms with Gasteiger partial charge in [-0.25, -0.2) is 4.79 Å². The second kappa shape index (κ2) is 13.9. The molecule has 0 fully saturated rings. The number of amides is 3. The largest absolute Gasteiger partial charge is 0.445 e. The van der Waals surface area contributed by atoms with Gasteiger partial charge in [0.25, 0.3) is 0 Å². The lowest BCUT2D eigenvalue weighted by atomic mass is 10.0. The first-order valence-corrected chi connectivity index (χ1v) is 11.5. The number of hydrogen-bond donors (Lipinski definition) is 3. The van der Waals surface area contributed by atoms with Crippen molar-refractivity contribution in [2.45, 2.75) is 58.7 Å². The Hall–Kier alpha value is -3.35. The summed E-state index contributed by atoms with van der Waals surface area (Å²) in [5.74, 6) is -0.863. The minimum Gasteiger partial charge on any atom is -0.445 e. The van der Waals surface area contributed by atoms with E-state index in [9.17, 15) is 14.4 Å². The van der Waals surface area contributed by atoms with Crippen LogP contribution >= 0.6 is 0 Å². The third-order valence-corrected chi connectivity index (χ3v) is 5.18. The van der Waals surface area contributed by atoms with Gasteiger partial charge in [0, 0.05) is 13.0 Å². The molecule has 2 rings (SSSR count). The van der Waals surface area contributed by atoms with E-state index in [-0.39, 0.29) is 18.4 Å². The molecule has 178 valence electrons. The zero-order chi connectivity index (χ0) is 24.1. The number of rotatable bonds is 12. The molecule has 0 aromatic heterocycles. The van der Waals surface area contributed by atoms with Crippen LogP contribution < -0.4 is 16.0 Å². The smallest absolute Gasteiger partial charge is 0.408 e. The summed E-state index contributed by atoms with van der Waals surface area (Å²) in [6.45, 7) is 6.36. The number of unbranched alkanes of at least 4 members (excludes halogenated alkanes) is 1. The lowest BCUT2D eigenvalue weighted by molar-refractivity contribution is -0.130. The Balaban J connectivity index is 2.02. The SMILES string of the molecule is CCCCNC(=O)[C@H](Cc1ccccc1)NC(=O)[C@@H](NC(=O)OCc1ccccc1)C(C)C. The highest BCUT2D eigenvalue weighted by atomic mass is 16.5. The first-order valence-electron chi connectivity index (χ1n) is 11.5. The summed E-state index contributed by atoms with van der Waals surface area (Å²) in [4.78, 5) is 38.2. The Kier molecular flexibility index (Phi) is 10.9. The van der Waals surface area contributed by atoms with Crippen molar-refractivity contribution in [3.05, 3.63) is 71.8 Å². The van der Waals surface area contributed by atoms with Gasteiger partial charge < -0.3 is 20.7 Å². The van der Waals surface area contributed by atoms with Crippen molar-refractivity contribution in [3.8, 4) is 0 Å². The van der Waals surface area contributed by atoms with E-state index in [0.29, 0.717) is 13.0 Å². The molecule has 0 heterocycles. The summed E-state index contributed by atoms with van der Waals surface area (Å²) in [5.41, 5.74) is 1.79. The zero-order valence-corrected chi connectivity index (χ0v) is 19.7. The first-order chi connectivity index (χ1) is 15.9. The van der Waals surface area contributed by atoms with Crippen LogP contribution in [0.5, 0.6) is 0 Å². The predicted molar refractivity (Wildman–Crippen MR) is 128 cm³/mol. The summed E-state index contributed by atoms with van der Waals surface area (Å²) in [6, 6.07) is 17.2. The maximum Gasteiger partial charge on any atom is 0.408 e. The van der Waals surface area contributed by atoms with Crippen molar-refractivity contribution < 1.29 is 19.1 Å². The average Bonchev–Trinajstić information content (AvgIpc) is 2.82. The third-order valence-electron chi connectivity index (χ3n) is 5.18. The van der Waals surface area contributed by atoms with Crippen LogP contribution in [0.2, 0.25) is 0 Å². The van der Waals surface area contributed by atoms with Crippen molar-refractivity contribution in [1.82, 2.24) is 16.0 Å². The predicted octanol–water partition coefficient (Wildman–Crippen LogP) is 3.58. The quantitative estimate of drug-likeness (QED) is 0.428. The van der Waals surface area contributed by atoms with Crippen molar-refractivity contribution in [2.24, 2.45) is 5.92 Å². The van der Waals surface area contributed by atoms with Gasteiger partial charge in [-0.05, 0) is 23.5 Å². The summed E-state index contributed by atoms with van der Waals surface area (Å²) in [5, 5.41) is 8.36. The highest BCUT2D eigenvalue weighted by Crippen LogP contribution is 2.08. The minimum absolute atomic E-state index is 0.107. The molecule has 0 unspecified atom stereocenters. The molecule has 3 N–H and O–H groups in total. The highest BCUT2D eigenvalue weighted by molar-refractivity contribution is 5.91. The van der Waals surface area contributed by atoms with Crippen LogP contribution in [0.25, 0.3) is 0 Å². The molecule has 2 atom stereocenters. The zero-order valence-electron chi connectivity index (χ0n) is 19.7. The molecule has 0 aliphatic rings. The molecule has 0 radical (unpaired) electrons. The summed E-state index contributed by atoms with van der Waals surface area (Å²) in [6.07, 6.45) is 1.50. The molecule has 0 bridgehead atoms. The number of carbonyl (C=O) groups excluding carboxylic acids is 3. The Morgan fingerprint density at radius 1 is 0.848 bits per heavy atom. The van der Waals surface area contributed by atoms with Gasteiger partial charge >= 0.3 is 6.09 Å². The van der Waals surface area contributed by atoms with Crippen LogP contribution in [0.4, 0.5) is 4.79 Å². The topological polar surface area (TPSA) is 96.5 Å². The fourth-order valence-corrected chi connectivity index (χ4v) is 3.26. The number of nitrogens with one attached hydrogen (secondary N) is 3. The van der Waals surface area contributed by atoms with Gasteiger partial charge in [0.15, 0.2) is 0 Å². The normalized spacial score (nSPS) is 12.5. The van der Waals surface area contributed by atoms with Gasteiger partial charge in [0.1, 0.15) is 18.7 Å². The average molecular weight is 454 g/mol. The van der Waals surface area contributed by atoms with Crippen LogP contribution in [-0.2, 0) is 27.4 Å². The van der Waals surface area contributed by atoms with E-state index in [2.05, 4.69) is 16.0 Å². The molecule has 3 amide bonds. The Labute approximate surface area is 196 Å². The molecule has 2 aromatic carbocycles.